The zero-order valence-electron chi connectivity index (χ0n) is 19.6. The molecule has 34 heavy (non-hydrogen) atoms. The maximum Gasteiger partial charge on any atom is 0.242 e. The van der Waals surface area contributed by atoms with Gasteiger partial charge in [-0.3, -0.25) is 14.6 Å². The van der Waals surface area contributed by atoms with Gasteiger partial charge >= 0.3 is 0 Å². The standard InChI is InChI=1S/C28H29N3O3/c1-19-7-3-4-9-23(19)20-10-12-21(13-11-20)28-24-16-30(17-27(33)31(24)25(28)18-34-2)26(32)15-22-8-5-6-14-29-22/h3-14,24-25,28H,15-18H2,1-2H3/t24-,25+,28-/m1/s1. The summed E-state index contributed by atoms with van der Waals surface area (Å²) in [5, 5.41) is 0. The summed E-state index contributed by atoms with van der Waals surface area (Å²) < 4.78 is 5.47. The molecule has 0 N–H and O–H groups in total. The van der Waals surface area contributed by atoms with Gasteiger partial charge < -0.3 is 14.5 Å². The van der Waals surface area contributed by atoms with Crippen LogP contribution in [-0.2, 0) is 20.7 Å². The predicted octanol–water partition coefficient (Wildman–Crippen LogP) is 3.45. The number of pyridine rings is 1. The van der Waals surface area contributed by atoms with E-state index in [1.165, 1.54) is 22.3 Å². The van der Waals surface area contributed by atoms with Crippen LogP contribution >= 0.6 is 0 Å². The molecule has 2 aromatic carbocycles. The van der Waals surface area contributed by atoms with Gasteiger partial charge in [0, 0.05) is 31.5 Å². The highest BCUT2D eigenvalue weighted by molar-refractivity contribution is 5.88. The summed E-state index contributed by atoms with van der Waals surface area (Å²) in [5.74, 6) is 0.0521. The first-order valence-corrected chi connectivity index (χ1v) is 11.7. The van der Waals surface area contributed by atoms with Crippen LogP contribution in [0, 0.1) is 6.92 Å². The van der Waals surface area contributed by atoms with Gasteiger partial charge in [0.1, 0.15) is 0 Å². The molecule has 0 saturated carbocycles. The molecule has 2 aliphatic heterocycles. The van der Waals surface area contributed by atoms with E-state index in [0.29, 0.717) is 13.2 Å². The van der Waals surface area contributed by atoms with Gasteiger partial charge in [0.2, 0.25) is 11.8 Å². The number of piperazine rings is 1. The maximum atomic E-state index is 13.0. The van der Waals surface area contributed by atoms with E-state index >= 15 is 0 Å². The summed E-state index contributed by atoms with van der Waals surface area (Å²) in [5.41, 5.74) is 5.52. The van der Waals surface area contributed by atoms with Crippen molar-refractivity contribution < 1.29 is 14.3 Å². The first kappa shape index (κ1) is 22.3. The second-order valence-electron chi connectivity index (χ2n) is 9.13. The third-order valence-corrected chi connectivity index (χ3v) is 7.07. The summed E-state index contributed by atoms with van der Waals surface area (Å²) in [4.78, 5) is 33.9. The van der Waals surface area contributed by atoms with Crippen LogP contribution in [0.1, 0.15) is 22.7 Å². The minimum Gasteiger partial charge on any atom is -0.383 e. The van der Waals surface area contributed by atoms with Gasteiger partial charge in [-0.05, 0) is 41.3 Å². The van der Waals surface area contributed by atoms with Gasteiger partial charge in [-0.15, -0.1) is 0 Å². The zero-order chi connectivity index (χ0) is 23.7. The van der Waals surface area contributed by atoms with Gasteiger partial charge in [0.25, 0.3) is 0 Å². The van der Waals surface area contributed by atoms with Crippen LogP contribution in [0.2, 0.25) is 0 Å². The van der Waals surface area contributed by atoms with E-state index in [4.69, 9.17) is 4.74 Å². The third kappa shape index (κ3) is 4.10. The van der Waals surface area contributed by atoms with Crippen LogP contribution in [0.4, 0.5) is 0 Å². The Balaban J connectivity index is 1.37. The van der Waals surface area contributed by atoms with Crippen molar-refractivity contribution in [1.82, 2.24) is 14.8 Å². The van der Waals surface area contributed by atoms with Gasteiger partial charge in [-0.1, -0.05) is 54.6 Å². The molecule has 6 nitrogen and oxygen atoms in total. The minimum atomic E-state index is -0.0597. The Morgan fingerprint density at radius 3 is 2.53 bits per heavy atom. The molecule has 2 aliphatic rings. The molecule has 3 heterocycles. The fourth-order valence-electron chi connectivity index (χ4n) is 5.39. The number of rotatable bonds is 6. The number of fused-ring (bicyclic) bond motifs is 1. The van der Waals surface area contributed by atoms with E-state index in [1.807, 2.05) is 29.2 Å². The van der Waals surface area contributed by atoms with E-state index in [2.05, 4.69) is 54.4 Å². The van der Waals surface area contributed by atoms with Gasteiger partial charge in [0.05, 0.1) is 31.7 Å². The summed E-state index contributed by atoms with van der Waals surface area (Å²) in [7, 11) is 1.67. The molecule has 174 valence electrons. The normalized spacial score (nSPS) is 21.7. The molecular weight excluding hydrogens is 426 g/mol. The fraction of sp³-hybridized carbons (Fsp3) is 0.321. The molecule has 2 amide bonds. The average molecular weight is 456 g/mol. The highest BCUT2D eigenvalue weighted by Gasteiger charge is 2.54. The van der Waals surface area contributed by atoms with Crippen molar-refractivity contribution in [3.8, 4) is 11.1 Å². The summed E-state index contributed by atoms with van der Waals surface area (Å²) >= 11 is 0. The molecule has 0 radical (unpaired) electrons. The molecule has 0 bridgehead atoms. The van der Waals surface area contributed by atoms with Crippen molar-refractivity contribution in [2.45, 2.75) is 31.3 Å². The van der Waals surface area contributed by atoms with E-state index in [1.54, 1.807) is 18.2 Å². The first-order valence-electron chi connectivity index (χ1n) is 11.7. The molecule has 2 fully saturated rings. The topological polar surface area (TPSA) is 62.7 Å². The number of carbonyl (C=O) groups is 2. The third-order valence-electron chi connectivity index (χ3n) is 7.07. The largest absolute Gasteiger partial charge is 0.383 e. The lowest BCUT2D eigenvalue weighted by atomic mass is 9.73. The van der Waals surface area contributed by atoms with Crippen molar-refractivity contribution >= 4 is 11.8 Å². The number of hydrogen-bond donors (Lipinski definition) is 0. The Hall–Kier alpha value is -3.51. The van der Waals surface area contributed by atoms with Crippen LogP contribution in [0.25, 0.3) is 11.1 Å². The average Bonchev–Trinajstić information content (AvgIpc) is 2.84. The SMILES string of the molecule is COC[C@H]1[C@H](c2ccc(-c3ccccc3C)cc2)[C@H]2CN(C(=O)Cc3ccccn3)CC(=O)N21. The predicted molar refractivity (Wildman–Crippen MR) is 130 cm³/mol. The fourth-order valence-corrected chi connectivity index (χ4v) is 5.39. The summed E-state index contributed by atoms with van der Waals surface area (Å²) in [6, 6.07) is 22.5. The van der Waals surface area contributed by atoms with Crippen molar-refractivity contribution in [1.29, 1.82) is 0 Å². The molecule has 0 unspecified atom stereocenters. The Bertz CT molecular complexity index is 1180. The number of aryl methyl sites for hydroxylation is 1. The first-order chi connectivity index (χ1) is 16.6. The summed E-state index contributed by atoms with van der Waals surface area (Å²) in [6.45, 7) is 3.24. The molecular formula is C28H29N3O3. The molecule has 5 rings (SSSR count). The summed E-state index contributed by atoms with van der Waals surface area (Å²) in [6.07, 6.45) is 1.89. The molecule has 0 spiro atoms. The lowest BCUT2D eigenvalue weighted by Crippen LogP contribution is -2.73. The van der Waals surface area contributed by atoms with Gasteiger partial charge in [0.15, 0.2) is 0 Å². The van der Waals surface area contributed by atoms with Crippen molar-refractivity contribution in [2.24, 2.45) is 0 Å². The van der Waals surface area contributed by atoms with Crippen LogP contribution in [-0.4, -0.2) is 65.5 Å². The lowest BCUT2D eigenvalue weighted by molar-refractivity contribution is -0.167. The highest BCUT2D eigenvalue weighted by atomic mass is 16.5. The van der Waals surface area contributed by atoms with E-state index in [9.17, 15) is 9.59 Å². The zero-order valence-corrected chi connectivity index (χ0v) is 19.6. The number of carbonyl (C=O) groups excluding carboxylic acids is 2. The molecule has 1 aromatic heterocycles. The second-order valence-corrected chi connectivity index (χ2v) is 9.13. The number of nitrogens with zero attached hydrogens (tertiary/aromatic N) is 3. The van der Waals surface area contributed by atoms with Crippen molar-refractivity contribution in [3.05, 3.63) is 89.7 Å². The number of aromatic nitrogens is 1. The molecule has 3 aromatic rings. The highest BCUT2D eigenvalue weighted by Crippen LogP contribution is 2.43. The van der Waals surface area contributed by atoms with Crippen LogP contribution in [0.5, 0.6) is 0 Å². The molecule has 6 heteroatoms. The quantitative estimate of drug-likeness (QED) is 0.571. The van der Waals surface area contributed by atoms with Crippen LogP contribution < -0.4 is 0 Å². The van der Waals surface area contributed by atoms with Crippen LogP contribution in [0.3, 0.4) is 0 Å². The van der Waals surface area contributed by atoms with Crippen molar-refractivity contribution in [3.63, 3.8) is 0 Å². The number of ether oxygens (including phenoxy) is 1. The Labute approximate surface area is 200 Å². The van der Waals surface area contributed by atoms with E-state index in [-0.39, 0.29) is 42.8 Å². The lowest BCUT2D eigenvalue weighted by Gasteiger charge is -2.59. The van der Waals surface area contributed by atoms with Gasteiger partial charge in [-0.25, -0.2) is 0 Å². The van der Waals surface area contributed by atoms with Crippen molar-refractivity contribution in [2.75, 3.05) is 26.8 Å². The Morgan fingerprint density at radius 2 is 1.82 bits per heavy atom. The van der Waals surface area contributed by atoms with Gasteiger partial charge in [-0.2, -0.15) is 0 Å². The smallest absolute Gasteiger partial charge is 0.242 e. The molecule has 0 aliphatic carbocycles. The molecule has 2 saturated heterocycles. The molecule has 3 atom stereocenters. The van der Waals surface area contributed by atoms with E-state index < -0.39 is 0 Å². The number of benzene rings is 2. The minimum absolute atomic E-state index is 0.0135. The second kappa shape index (κ2) is 9.39. The monoisotopic (exact) mass is 455 g/mol. The van der Waals surface area contributed by atoms with E-state index in [0.717, 1.165) is 5.69 Å². The number of methoxy groups -OCH3 is 1. The van der Waals surface area contributed by atoms with Crippen LogP contribution in [0.15, 0.2) is 72.9 Å². The maximum absolute atomic E-state index is 13.0. The number of amides is 2. The Morgan fingerprint density at radius 1 is 1.06 bits per heavy atom. The number of hydrogen-bond acceptors (Lipinski definition) is 4. The Kier molecular flexibility index (Phi) is 6.16.